The van der Waals surface area contributed by atoms with Gasteiger partial charge >= 0.3 is 5.97 Å². The summed E-state index contributed by atoms with van der Waals surface area (Å²) in [5.74, 6) is -0.244. The highest BCUT2D eigenvalue weighted by molar-refractivity contribution is 7.99. The Morgan fingerprint density at radius 3 is 3.20 bits per heavy atom. The van der Waals surface area contributed by atoms with Crippen molar-refractivity contribution in [2.24, 2.45) is 0 Å². The summed E-state index contributed by atoms with van der Waals surface area (Å²) < 4.78 is 4.82. The molecule has 0 aliphatic rings. The molecule has 0 spiro atoms. The van der Waals surface area contributed by atoms with Gasteiger partial charge in [-0.3, -0.25) is 4.79 Å². The molecule has 2 heterocycles. The van der Waals surface area contributed by atoms with Crippen molar-refractivity contribution in [3.8, 4) is 11.6 Å². The van der Waals surface area contributed by atoms with Crippen molar-refractivity contribution >= 4 is 17.7 Å². The maximum absolute atomic E-state index is 10.3. The van der Waals surface area contributed by atoms with Gasteiger partial charge in [0.25, 0.3) is 5.22 Å². The van der Waals surface area contributed by atoms with Crippen molar-refractivity contribution in [3.63, 3.8) is 0 Å². The van der Waals surface area contributed by atoms with Gasteiger partial charge in [0.15, 0.2) is 5.82 Å². The number of nitrogens with one attached hydrogen (secondary N) is 1. The van der Waals surface area contributed by atoms with Gasteiger partial charge in [-0.15, -0.1) is 0 Å². The standard InChI is InChI=1S/C7H6N4O3S/c12-4(13)3-15-7-10-6(11-14-7)5-8-1-2-9-5/h1-2H,3H2,(H,8,9)(H,12,13). The van der Waals surface area contributed by atoms with E-state index in [0.29, 0.717) is 11.6 Å². The number of imidazole rings is 1. The zero-order valence-corrected chi connectivity index (χ0v) is 8.19. The second-order valence-corrected chi connectivity index (χ2v) is 3.43. The largest absolute Gasteiger partial charge is 0.481 e. The Labute approximate surface area is 87.9 Å². The van der Waals surface area contributed by atoms with Gasteiger partial charge in [-0.25, -0.2) is 4.98 Å². The van der Waals surface area contributed by atoms with Crippen molar-refractivity contribution < 1.29 is 14.4 Å². The van der Waals surface area contributed by atoms with Crippen LogP contribution in [0.2, 0.25) is 0 Å². The SMILES string of the molecule is O=C(O)CSc1nc(-c2ncc[nH]2)no1. The van der Waals surface area contributed by atoms with Crippen LogP contribution in [-0.4, -0.2) is 36.9 Å². The molecule has 2 rings (SSSR count). The molecule has 0 radical (unpaired) electrons. The molecule has 0 bridgehead atoms. The third-order valence-corrected chi connectivity index (χ3v) is 2.24. The summed E-state index contributed by atoms with van der Waals surface area (Å²) in [5, 5.41) is 12.3. The molecule has 2 aromatic rings. The number of aromatic nitrogens is 4. The van der Waals surface area contributed by atoms with Crippen LogP contribution >= 0.6 is 11.8 Å². The van der Waals surface area contributed by atoms with Crippen LogP contribution in [0.15, 0.2) is 22.1 Å². The summed E-state index contributed by atoms with van der Waals surface area (Å²) in [5.41, 5.74) is 0. The summed E-state index contributed by atoms with van der Waals surface area (Å²) in [6, 6.07) is 0. The van der Waals surface area contributed by atoms with E-state index in [1.54, 1.807) is 12.4 Å². The van der Waals surface area contributed by atoms with E-state index in [2.05, 4.69) is 20.1 Å². The number of hydrogen-bond acceptors (Lipinski definition) is 6. The highest BCUT2D eigenvalue weighted by atomic mass is 32.2. The number of H-pyrrole nitrogens is 1. The zero-order valence-electron chi connectivity index (χ0n) is 7.38. The lowest BCUT2D eigenvalue weighted by molar-refractivity contribution is -0.133. The Hall–Kier alpha value is -1.83. The molecule has 0 aliphatic carbocycles. The molecule has 0 aliphatic heterocycles. The minimum absolute atomic E-state index is 0.111. The monoisotopic (exact) mass is 226 g/mol. The maximum Gasteiger partial charge on any atom is 0.314 e. The first-order valence-electron chi connectivity index (χ1n) is 3.94. The summed E-state index contributed by atoms with van der Waals surface area (Å²) in [4.78, 5) is 21.0. The van der Waals surface area contributed by atoms with E-state index in [1.165, 1.54) is 0 Å². The van der Waals surface area contributed by atoms with Crippen LogP contribution in [0.1, 0.15) is 0 Å². The topological polar surface area (TPSA) is 105 Å². The van der Waals surface area contributed by atoms with Crippen molar-refractivity contribution in [1.29, 1.82) is 0 Å². The number of aliphatic carboxylic acids is 1. The van der Waals surface area contributed by atoms with Gasteiger partial charge in [-0.05, 0) is 0 Å². The molecule has 0 amide bonds. The number of carbonyl (C=O) groups is 1. The number of aromatic amines is 1. The third-order valence-electron chi connectivity index (χ3n) is 1.44. The van der Waals surface area contributed by atoms with Crippen LogP contribution in [0.3, 0.4) is 0 Å². The average molecular weight is 226 g/mol. The predicted molar refractivity (Wildman–Crippen MR) is 50.2 cm³/mol. The summed E-state index contributed by atoms with van der Waals surface area (Å²) in [6.07, 6.45) is 3.20. The number of thioether (sulfide) groups is 1. The molecule has 0 saturated carbocycles. The highest BCUT2D eigenvalue weighted by Gasteiger charge is 2.11. The Balaban J connectivity index is 2.08. The molecular weight excluding hydrogens is 220 g/mol. The van der Waals surface area contributed by atoms with E-state index in [1.807, 2.05) is 0 Å². The minimum Gasteiger partial charge on any atom is -0.481 e. The lowest BCUT2D eigenvalue weighted by atomic mass is 10.6. The normalized spacial score (nSPS) is 10.4. The third kappa shape index (κ3) is 2.34. The Kier molecular flexibility index (Phi) is 2.68. The number of rotatable bonds is 4. The fourth-order valence-corrected chi connectivity index (χ4v) is 1.36. The minimum atomic E-state index is -0.933. The molecule has 15 heavy (non-hydrogen) atoms. The second-order valence-electron chi connectivity index (χ2n) is 2.50. The van der Waals surface area contributed by atoms with Gasteiger partial charge < -0.3 is 14.6 Å². The Bertz CT molecular complexity index is 453. The lowest BCUT2D eigenvalue weighted by Crippen LogP contribution is -1.97. The number of carboxylic acid groups (broad SMARTS) is 1. The first kappa shape index (κ1) is 9.71. The van der Waals surface area contributed by atoms with Gasteiger partial charge in [-0.1, -0.05) is 16.9 Å². The molecule has 7 nitrogen and oxygen atoms in total. The first-order valence-corrected chi connectivity index (χ1v) is 4.92. The van der Waals surface area contributed by atoms with Crippen molar-refractivity contribution in [3.05, 3.63) is 12.4 Å². The van der Waals surface area contributed by atoms with E-state index in [0.717, 1.165) is 11.8 Å². The predicted octanol–water partition coefficient (Wildman–Crippen LogP) is 0.636. The summed E-state index contributed by atoms with van der Waals surface area (Å²) in [6.45, 7) is 0. The summed E-state index contributed by atoms with van der Waals surface area (Å²) in [7, 11) is 0. The molecule has 0 aromatic carbocycles. The quantitative estimate of drug-likeness (QED) is 0.737. The van der Waals surface area contributed by atoms with Crippen LogP contribution in [0.25, 0.3) is 11.6 Å². The Morgan fingerprint density at radius 2 is 2.53 bits per heavy atom. The van der Waals surface area contributed by atoms with Gasteiger partial charge in [-0.2, -0.15) is 4.98 Å². The fourth-order valence-electron chi connectivity index (χ4n) is 0.875. The summed E-state index contributed by atoms with van der Waals surface area (Å²) >= 11 is 0.965. The van der Waals surface area contributed by atoms with Crippen molar-refractivity contribution in [1.82, 2.24) is 20.1 Å². The fraction of sp³-hybridized carbons (Fsp3) is 0.143. The van der Waals surface area contributed by atoms with Crippen LogP contribution in [0.4, 0.5) is 0 Å². The molecule has 8 heteroatoms. The van der Waals surface area contributed by atoms with Gasteiger partial charge in [0.05, 0.1) is 0 Å². The van der Waals surface area contributed by atoms with Crippen LogP contribution in [-0.2, 0) is 4.79 Å². The number of carboxylic acids is 1. The van der Waals surface area contributed by atoms with Crippen LogP contribution in [0, 0.1) is 0 Å². The van der Waals surface area contributed by atoms with Gasteiger partial charge in [0, 0.05) is 12.4 Å². The molecule has 0 unspecified atom stereocenters. The van der Waals surface area contributed by atoms with E-state index < -0.39 is 5.97 Å². The molecule has 0 atom stereocenters. The number of hydrogen-bond donors (Lipinski definition) is 2. The Morgan fingerprint density at radius 1 is 1.67 bits per heavy atom. The van der Waals surface area contributed by atoms with Gasteiger partial charge in [0.2, 0.25) is 5.82 Å². The van der Waals surface area contributed by atoms with E-state index in [4.69, 9.17) is 9.63 Å². The average Bonchev–Trinajstić information content (AvgIpc) is 2.85. The van der Waals surface area contributed by atoms with Gasteiger partial charge in [0.1, 0.15) is 5.75 Å². The molecule has 78 valence electrons. The van der Waals surface area contributed by atoms with E-state index in [-0.39, 0.29) is 11.0 Å². The van der Waals surface area contributed by atoms with E-state index in [9.17, 15) is 4.79 Å². The molecule has 2 N–H and O–H groups in total. The van der Waals surface area contributed by atoms with Crippen LogP contribution < -0.4 is 0 Å². The molecular formula is C7H6N4O3S. The van der Waals surface area contributed by atoms with Crippen molar-refractivity contribution in [2.45, 2.75) is 5.22 Å². The lowest BCUT2D eigenvalue weighted by Gasteiger charge is -1.86. The smallest absolute Gasteiger partial charge is 0.314 e. The van der Waals surface area contributed by atoms with Crippen LogP contribution in [0.5, 0.6) is 0 Å². The molecule has 0 fully saturated rings. The second kappa shape index (κ2) is 4.13. The van der Waals surface area contributed by atoms with E-state index >= 15 is 0 Å². The molecule has 0 saturated heterocycles. The zero-order chi connectivity index (χ0) is 10.7. The maximum atomic E-state index is 10.3. The first-order chi connectivity index (χ1) is 7.25. The highest BCUT2D eigenvalue weighted by Crippen LogP contribution is 2.18. The molecule has 2 aromatic heterocycles. The van der Waals surface area contributed by atoms with Crippen molar-refractivity contribution in [2.75, 3.05) is 5.75 Å². The number of nitrogens with zero attached hydrogens (tertiary/aromatic N) is 3.